The number of halogens is 2. The second kappa shape index (κ2) is 7.62. The molecule has 0 aliphatic carbocycles. The molecule has 148 valence electrons. The Balaban J connectivity index is 1.59. The van der Waals surface area contributed by atoms with Crippen molar-refractivity contribution >= 4 is 51.1 Å². The molecular formula is C19H15Cl2N5O2S. The van der Waals surface area contributed by atoms with E-state index in [1.165, 1.54) is 30.6 Å². The van der Waals surface area contributed by atoms with Crippen molar-refractivity contribution in [1.82, 2.24) is 19.8 Å². The SMILES string of the molecule is COc1c(Cl)cc(C(=O)Nc2ccc(-c3nn4c(C)nnc4s3)cc2C)cc1Cl. The molecule has 0 fully saturated rings. The number of amides is 1. The summed E-state index contributed by atoms with van der Waals surface area (Å²) in [5.41, 5.74) is 2.85. The predicted octanol–water partition coefficient (Wildman–Crippen LogP) is 5.04. The Hall–Kier alpha value is -2.68. The van der Waals surface area contributed by atoms with Crippen LogP contribution in [0, 0.1) is 13.8 Å². The fourth-order valence-corrected chi connectivity index (χ4v) is 4.37. The first-order chi connectivity index (χ1) is 13.9. The number of aromatic nitrogens is 4. The second-order valence-corrected chi connectivity index (χ2v) is 8.08. The Morgan fingerprint density at radius 3 is 2.48 bits per heavy atom. The number of nitrogens with one attached hydrogen (secondary N) is 1. The fraction of sp³-hybridized carbons (Fsp3) is 0.158. The molecule has 0 saturated heterocycles. The van der Waals surface area contributed by atoms with Crippen LogP contribution in [-0.4, -0.2) is 32.8 Å². The van der Waals surface area contributed by atoms with Crippen LogP contribution in [0.3, 0.4) is 0 Å². The molecule has 1 amide bonds. The molecule has 29 heavy (non-hydrogen) atoms. The van der Waals surface area contributed by atoms with Crippen molar-refractivity contribution in [3.05, 3.63) is 57.3 Å². The quantitative estimate of drug-likeness (QED) is 0.473. The summed E-state index contributed by atoms with van der Waals surface area (Å²) >= 11 is 13.7. The third-order valence-corrected chi connectivity index (χ3v) is 5.84. The molecule has 0 aliphatic heterocycles. The zero-order valence-electron chi connectivity index (χ0n) is 15.7. The van der Waals surface area contributed by atoms with Gasteiger partial charge in [-0.2, -0.15) is 9.61 Å². The third-order valence-electron chi connectivity index (χ3n) is 4.33. The summed E-state index contributed by atoms with van der Waals surface area (Å²) in [4.78, 5) is 13.4. The van der Waals surface area contributed by atoms with Crippen LogP contribution in [0.4, 0.5) is 5.69 Å². The largest absolute Gasteiger partial charge is 0.494 e. The number of rotatable bonds is 4. The van der Waals surface area contributed by atoms with E-state index in [9.17, 15) is 4.79 Å². The number of anilines is 1. The number of hydrogen-bond acceptors (Lipinski definition) is 6. The molecule has 2 heterocycles. The monoisotopic (exact) mass is 447 g/mol. The first-order valence-corrected chi connectivity index (χ1v) is 10.1. The number of ether oxygens (including phenoxy) is 1. The minimum atomic E-state index is -0.318. The highest BCUT2D eigenvalue weighted by Crippen LogP contribution is 2.34. The summed E-state index contributed by atoms with van der Waals surface area (Å²) < 4.78 is 6.83. The highest BCUT2D eigenvalue weighted by atomic mass is 35.5. The zero-order valence-corrected chi connectivity index (χ0v) is 18.0. The topological polar surface area (TPSA) is 81.4 Å². The molecule has 0 radical (unpaired) electrons. The van der Waals surface area contributed by atoms with Gasteiger partial charge in [-0.25, -0.2) is 0 Å². The summed E-state index contributed by atoms with van der Waals surface area (Å²) in [6, 6.07) is 8.74. The van der Waals surface area contributed by atoms with Crippen molar-refractivity contribution in [3.8, 4) is 16.3 Å². The Kier molecular flexibility index (Phi) is 5.16. The maximum Gasteiger partial charge on any atom is 0.255 e. The predicted molar refractivity (Wildman–Crippen MR) is 115 cm³/mol. The standard InChI is InChI=1S/C19H15Cl2N5O2S/c1-9-6-11(18-25-26-10(2)23-24-19(26)29-18)4-5-15(9)22-17(27)12-7-13(20)16(28-3)14(21)8-12/h4-8H,1-3H3,(H,22,27). The van der Waals surface area contributed by atoms with Crippen LogP contribution in [0.15, 0.2) is 30.3 Å². The van der Waals surface area contributed by atoms with Crippen LogP contribution in [-0.2, 0) is 0 Å². The van der Waals surface area contributed by atoms with E-state index in [0.29, 0.717) is 17.0 Å². The highest BCUT2D eigenvalue weighted by Gasteiger charge is 2.16. The van der Waals surface area contributed by atoms with Gasteiger partial charge in [0, 0.05) is 16.8 Å². The van der Waals surface area contributed by atoms with Crippen molar-refractivity contribution in [2.24, 2.45) is 0 Å². The molecule has 4 aromatic rings. The van der Waals surface area contributed by atoms with Gasteiger partial charge in [-0.1, -0.05) is 34.5 Å². The van der Waals surface area contributed by atoms with E-state index in [1.54, 1.807) is 4.52 Å². The molecule has 0 atom stereocenters. The minimum Gasteiger partial charge on any atom is -0.494 e. The maximum atomic E-state index is 12.6. The molecule has 4 rings (SSSR count). The molecule has 7 nitrogen and oxygen atoms in total. The van der Waals surface area contributed by atoms with E-state index < -0.39 is 0 Å². The van der Waals surface area contributed by atoms with E-state index in [1.807, 2.05) is 32.0 Å². The Morgan fingerprint density at radius 1 is 1.14 bits per heavy atom. The van der Waals surface area contributed by atoms with Crippen LogP contribution >= 0.6 is 34.5 Å². The molecule has 0 spiro atoms. The number of methoxy groups -OCH3 is 1. The van der Waals surface area contributed by atoms with Crippen molar-refractivity contribution in [3.63, 3.8) is 0 Å². The number of carbonyl (C=O) groups excluding carboxylic acids is 1. The van der Waals surface area contributed by atoms with Gasteiger partial charge in [-0.15, -0.1) is 10.2 Å². The lowest BCUT2D eigenvalue weighted by Crippen LogP contribution is -2.13. The van der Waals surface area contributed by atoms with Gasteiger partial charge in [0.2, 0.25) is 4.96 Å². The summed E-state index contributed by atoms with van der Waals surface area (Å²) in [6.45, 7) is 3.77. The average Bonchev–Trinajstić information content (AvgIpc) is 3.25. The number of benzene rings is 2. The molecule has 2 aromatic carbocycles. The van der Waals surface area contributed by atoms with Gasteiger partial charge in [0.05, 0.1) is 17.2 Å². The van der Waals surface area contributed by atoms with E-state index in [4.69, 9.17) is 27.9 Å². The van der Waals surface area contributed by atoms with E-state index >= 15 is 0 Å². The van der Waals surface area contributed by atoms with Gasteiger partial charge in [0.25, 0.3) is 5.91 Å². The number of hydrogen-bond donors (Lipinski definition) is 1. The smallest absolute Gasteiger partial charge is 0.255 e. The van der Waals surface area contributed by atoms with E-state index in [-0.39, 0.29) is 16.0 Å². The normalized spacial score (nSPS) is 11.1. The molecule has 0 unspecified atom stereocenters. The van der Waals surface area contributed by atoms with Crippen molar-refractivity contribution in [1.29, 1.82) is 0 Å². The van der Waals surface area contributed by atoms with Gasteiger partial charge >= 0.3 is 0 Å². The second-order valence-electron chi connectivity index (χ2n) is 6.31. The molecule has 0 aliphatic rings. The molecule has 0 bridgehead atoms. The van der Waals surface area contributed by atoms with Gasteiger partial charge < -0.3 is 10.1 Å². The van der Waals surface area contributed by atoms with E-state index in [0.717, 1.165) is 26.9 Å². The molecule has 10 heteroatoms. The minimum absolute atomic E-state index is 0.274. The van der Waals surface area contributed by atoms with Crippen LogP contribution in [0.2, 0.25) is 10.0 Å². The molecule has 2 aromatic heterocycles. The van der Waals surface area contributed by atoms with Crippen molar-refractivity contribution in [2.75, 3.05) is 12.4 Å². The van der Waals surface area contributed by atoms with Crippen molar-refractivity contribution in [2.45, 2.75) is 13.8 Å². The number of nitrogens with zero attached hydrogens (tertiary/aromatic N) is 4. The zero-order chi connectivity index (χ0) is 20.7. The Morgan fingerprint density at radius 2 is 1.86 bits per heavy atom. The summed E-state index contributed by atoms with van der Waals surface area (Å²) in [6.07, 6.45) is 0. The Bertz CT molecular complexity index is 1230. The van der Waals surface area contributed by atoms with Crippen LogP contribution in [0.25, 0.3) is 15.5 Å². The van der Waals surface area contributed by atoms with Gasteiger partial charge in [-0.05, 0) is 49.7 Å². The summed E-state index contributed by atoms with van der Waals surface area (Å²) in [5.74, 6) is 0.757. The molecule has 1 N–H and O–H groups in total. The van der Waals surface area contributed by atoms with Crippen LogP contribution in [0.1, 0.15) is 21.7 Å². The first kappa shape index (κ1) is 19.6. The number of aryl methyl sites for hydroxylation is 2. The van der Waals surface area contributed by atoms with Crippen LogP contribution in [0.5, 0.6) is 5.75 Å². The lowest BCUT2D eigenvalue weighted by molar-refractivity contribution is 0.102. The first-order valence-electron chi connectivity index (χ1n) is 8.51. The summed E-state index contributed by atoms with van der Waals surface area (Å²) in [7, 11) is 1.47. The summed E-state index contributed by atoms with van der Waals surface area (Å²) in [5, 5.41) is 16.9. The van der Waals surface area contributed by atoms with Gasteiger partial charge in [0.1, 0.15) is 5.01 Å². The number of fused-ring (bicyclic) bond motifs is 1. The van der Waals surface area contributed by atoms with Gasteiger partial charge in [-0.3, -0.25) is 4.79 Å². The molecule has 0 saturated carbocycles. The maximum absolute atomic E-state index is 12.6. The van der Waals surface area contributed by atoms with Crippen molar-refractivity contribution < 1.29 is 9.53 Å². The van der Waals surface area contributed by atoms with Gasteiger partial charge in [0.15, 0.2) is 11.6 Å². The lowest BCUT2D eigenvalue weighted by Gasteiger charge is -2.11. The fourth-order valence-electron chi connectivity index (χ4n) is 2.85. The Labute approximate surface area is 180 Å². The number of carbonyl (C=O) groups is 1. The van der Waals surface area contributed by atoms with Crippen LogP contribution < -0.4 is 10.1 Å². The van der Waals surface area contributed by atoms with E-state index in [2.05, 4.69) is 20.6 Å². The average molecular weight is 448 g/mol. The lowest BCUT2D eigenvalue weighted by atomic mass is 10.1. The third kappa shape index (κ3) is 3.66. The highest BCUT2D eigenvalue weighted by molar-refractivity contribution is 7.19. The molecular weight excluding hydrogens is 433 g/mol.